The summed E-state index contributed by atoms with van der Waals surface area (Å²) < 4.78 is 5.23. The predicted octanol–water partition coefficient (Wildman–Crippen LogP) is 3.57. The van der Waals surface area contributed by atoms with Gasteiger partial charge in [0.1, 0.15) is 5.75 Å². The van der Waals surface area contributed by atoms with Crippen LogP contribution in [0.4, 0.5) is 0 Å². The average Bonchev–Trinajstić information content (AvgIpc) is 2.82. The Hall–Kier alpha value is -2.10. The zero-order chi connectivity index (χ0) is 15.5. The topological polar surface area (TPSA) is 42.4 Å². The number of benzene rings is 1. The lowest BCUT2D eigenvalue weighted by Gasteiger charge is -2.21. The van der Waals surface area contributed by atoms with E-state index in [4.69, 9.17) is 4.74 Å². The lowest BCUT2D eigenvalue weighted by atomic mass is 10.1. The van der Waals surface area contributed by atoms with Crippen LogP contribution in [-0.4, -0.2) is 36.0 Å². The van der Waals surface area contributed by atoms with E-state index in [1.807, 2.05) is 36.1 Å². The summed E-state index contributed by atoms with van der Waals surface area (Å²) >= 11 is 0. The van der Waals surface area contributed by atoms with Gasteiger partial charge in [0.15, 0.2) is 0 Å². The van der Waals surface area contributed by atoms with E-state index in [1.54, 1.807) is 7.11 Å². The zero-order valence-corrected chi connectivity index (χ0v) is 13.3. The summed E-state index contributed by atoms with van der Waals surface area (Å²) in [6, 6.07) is 7.73. The maximum atomic E-state index is 12.8. The quantitative estimate of drug-likeness (QED) is 0.851. The van der Waals surface area contributed by atoms with Gasteiger partial charge in [-0.1, -0.05) is 12.8 Å². The molecule has 0 radical (unpaired) electrons. The molecule has 4 heteroatoms. The first-order chi connectivity index (χ1) is 10.7. The first-order valence-electron chi connectivity index (χ1n) is 7.94. The largest absolute Gasteiger partial charge is 0.497 e. The summed E-state index contributed by atoms with van der Waals surface area (Å²) in [6.45, 7) is 3.63. The normalized spacial score (nSPS) is 15.6. The second-order valence-electron chi connectivity index (χ2n) is 5.89. The molecule has 0 bridgehead atoms. The fourth-order valence-corrected chi connectivity index (χ4v) is 3.03. The molecular formula is C18H22N2O2. The summed E-state index contributed by atoms with van der Waals surface area (Å²) in [5, 5.41) is 0.976. The van der Waals surface area contributed by atoms with E-state index in [0.717, 1.165) is 53.8 Å². The van der Waals surface area contributed by atoms with E-state index >= 15 is 0 Å². The van der Waals surface area contributed by atoms with Gasteiger partial charge < -0.3 is 9.64 Å². The van der Waals surface area contributed by atoms with Gasteiger partial charge in [0.05, 0.1) is 23.9 Å². The molecular weight excluding hydrogens is 276 g/mol. The molecule has 4 nitrogen and oxygen atoms in total. The van der Waals surface area contributed by atoms with Gasteiger partial charge in [0.25, 0.3) is 5.91 Å². The standard InChI is InChI=1S/C18H22N2O2/c1-13-16(18(21)20-9-5-3-4-6-10-20)11-14-7-8-15(22-2)12-17(14)19-13/h7-8,11-12H,3-6,9-10H2,1-2H3. The Kier molecular flexibility index (Phi) is 4.27. The highest BCUT2D eigenvalue weighted by Gasteiger charge is 2.20. The third kappa shape index (κ3) is 2.91. The number of aromatic nitrogens is 1. The van der Waals surface area contributed by atoms with Gasteiger partial charge in [0, 0.05) is 24.5 Å². The Balaban J connectivity index is 1.95. The van der Waals surface area contributed by atoms with Crippen LogP contribution in [0.15, 0.2) is 24.3 Å². The highest BCUT2D eigenvalue weighted by molar-refractivity contribution is 5.98. The number of likely N-dealkylation sites (tertiary alicyclic amines) is 1. The van der Waals surface area contributed by atoms with Gasteiger partial charge in [-0.3, -0.25) is 9.78 Å². The predicted molar refractivity (Wildman–Crippen MR) is 87.4 cm³/mol. The minimum absolute atomic E-state index is 0.115. The number of rotatable bonds is 2. The van der Waals surface area contributed by atoms with Crippen molar-refractivity contribution >= 4 is 16.8 Å². The zero-order valence-electron chi connectivity index (χ0n) is 13.3. The van der Waals surface area contributed by atoms with Crippen LogP contribution in [0, 0.1) is 6.92 Å². The lowest BCUT2D eigenvalue weighted by molar-refractivity contribution is 0.0760. The van der Waals surface area contributed by atoms with Crippen molar-refractivity contribution in [3.63, 3.8) is 0 Å². The third-order valence-corrected chi connectivity index (χ3v) is 4.34. The van der Waals surface area contributed by atoms with Crippen molar-refractivity contribution in [3.05, 3.63) is 35.5 Å². The summed E-state index contributed by atoms with van der Waals surface area (Å²) in [4.78, 5) is 19.4. The number of pyridine rings is 1. The van der Waals surface area contributed by atoms with Crippen molar-refractivity contribution in [1.29, 1.82) is 0 Å². The van der Waals surface area contributed by atoms with Gasteiger partial charge in [-0.15, -0.1) is 0 Å². The van der Waals surface area contributed by atoms with Crippen molar-refractivity contribution in [2.24, 2.45) is 0 Å². The summed E-state index contributed by atoms with van der Waals surface area (Å²) in [6.07, 6.45) is 4.64. The van der Waals surface area contributed by atoms with Crippen LogP contribution in [0.2, 0.25) is 0 Å². The van der Waals surface area contributed by atoms with E-state index in [1.165, 1.54) is 12.8 Å². The minimum Gasteiger partial charge on any atom is -0.497 e. The summed E-state index contributed by atoms with van der Waals surface area (Å²) in [7, 11) is 1.64. The number of aryl methyl sites for hydroxylation is 1. The molecule has 0 spiro atoms. The summed E-state index contributed by atoms with van der Waals surface area (Å²) in [5.74, 6) is 0.899. The molecule has 1 aliphatic rings. The second-order valence-corrected chi connectivity index (χ2v) is 5.89. The molecule has 3 rings (SSSR count). The van der Waals surface area contributed by atoms with Gasteiger partial charge in [-0.05, 0) is 38.0 Å². The smallest absolute Gasteiger partial charge is 0.255 e. The van der Waals surface area contributed by atoms with Gasteiger partial charge >= 0.3 is 0 Å². The van der Waals surface area contributed by atoms with Gasteiger partial charge in [0.2, 0.25) is 0 Å². The molecule has 1 aliphatic heterocycles. The maximum absolute atomic E-state index is 12.8. The molecule has 2 heterocycles. The van der Waals surface area contributed by atoms with E-state index < -0.39 is 0 Å². The molecule has 0 N–H and O–H groups in total. The highest BCUT2D eigenvalue weighted by Crippen LogP contribution is 2.23. The Morgan fingerprint density at radius 3 is 2.55 bits per heavy atom. The molecule has 1 saturated heterocycles. The number of fused-ring (bicyclic) bond motifs is 1. The average molecular weight is 298 g/mol. The molecule has 1 amide bonds. The molecule has 1 aromatic carbocycles. The van der Waals surface area contributed by atoms with Crippen molar-refractivity contribution in [1.82, 2.24) is 9.88 Å². The van der Waals surface area contributed by atoms with Gasteiger partial charge in [-0.2, -0.15) is 0 Å². The maximum Gasteiger partial charge on any atom is 0.255 e. The van der Waals surface area contributed by atoms with E-state index in [0.29, 0.717) is 0 Å². The molecule has 0 unspecified atom stereocenters. The van der Waals surface area contributed by atoms with Crippen molar-refractivity contribution in [3.8, 4) is 5.75 Å². The van der Waals surface area contributed by atoms with E-state index in [-0.39, 0.29) is 5.91 Å². The Bertz CT molecular complexity index is 689. The van der Waals surface area contributed by atoms with Crippen LogP contribution in [0.5, 0.6) is 5.75 Å². The minimum atomic E-state index is 0.115. The molecule has 1 aromatic heterocycles. The Morgan fingerprint density at radius 1 is 1.14 bits per heavy atom. The van der Waals surface area contributed by atoms with Crippen LogP contribution >= 0.6 is 0 Å². The second kappa shape index (κ2) is 6.34. The Morgan fingerprint density at radius 2 is 1.86 bits per heavy atom. The monoisotopic (exact) mass is 298 g/mol. The molecule has 22 heavy (non-hydrogen) atoms. The number of methoxy groups -OCH3 is 1. The van der Waals surface area contributed by atoms with Crippen LogP contribution in [-0.2, 0) is 0 Å². The number of hydrogen-bond acceptors (Lipinski definition) is 3. The fraction of sp³-hybridized carbons (Fsp3) is 0.444. The number of carbonyl (C=O) groups excluding carboxylic acids is 1. The van der Waals surface area contributed by atoms with Crippen molar-refractivity contribution < 1.29 is 9.53 Å². The van der Waals surface area contributed by atoms with Crippen LogP contribution in [0.25, 0.3) is 10.9 Å². The van der Waals surface area contributed by atoms with Crippen molar-refractivity contribution in [2.75, 3.05) is 20.2 Å². The van der Waals surface area contributed by atoms with E-state index in [2.05, 4.69) is 4.98 Å². The lowest BCUT2D eigenvalue weighted by Crippen LogP contribution is -2.32. The fourth-order valence-electron chi connectivity index (χ4n) is 3.03. The molecule has 0 atom stereocenters. The first kappa shape index (κ1) is 14.8. The van der Waals surface area contributed by atoms with Crippen LogP contribution < -0.4 is 4.74 Å². The molecule has 2 aromatic rings. The number of hydrogen-bond donors (Lipinski definition) is 0. The molecule has 0 saturated carbocycles. The van der Waals surface area contributed by atoms with E-state index in [9.17, 15) is 4.79 Å². The van der Waals surface area contributed by atoms with Crippen molar-refractivity contribution in [2.45, 2.75) is 32.6 Å². The van der Waals surface area contributed by atoms with Crippen LogP contribution in [0.1, 0.15) is 41.7 Å². The van der Waals surface area contributed by atoms with Crippen LogP contribution in [0.3, 0.4) is 0 Å². The number of carbonyl (C=O) groups is 1. The molecule has 0 aliphatic carbocycles. The first-order valence-corrected chi connectivity index (χ1v) is 7.94. The third-order valence-electron chi connectivity index (χ3n) is 4.34. The summed E-state index contributed by atoms with van der Waals surface area (Å²) in [5.41, 5.74) is 2.37. The number of nitrogens with zero attached hydrogens (tertiary/aromatic N) is 2. The highest BCUT2D eigenvalue weighted by atomic mass is 16.5. The molecule has 1 fully saturated rings. The molecule has 116 valence electrons. The van der Waals surface area contributed by atoms with Gasteiger partial charge in [-0.25, -0.2) is 0 Å². The SMILES string of the molecule is COc1ccc2cc(C(=O)N3CCCCCC3)c(C)nc2c1. The number of ether oxygens (including phenoxy) is 1. The Labute approximate surface area is 131 Å². The number of amides is 1.